The molecule has 0 radical (unpaired) electrons. The normalized spacial score (nSPS) is 38.3. The van der Waals surface area contributed by atoms with Gasteiger partial charge in [0.1, 0.15) is 11.6 Å². The minimum atomic E-state index is 0.520. The predicted molar refractivity (Wildman–Crippen MR) is 84.5 cm³/mol. The molecule has 3 nitrogen and oxygen atoms in total. The van der Waals surface area contributed by atoms with E-state index >= 15 is 0 Å². The number of nitrogens with zero attached hydrogens (tertiary/aromatic N) is 1. The van der Waals surface area contributed by atoms with E-state index in [2.05, 4.69) is 17.2 Å². The third-order valence-electron chi connectivity index (χ3n) is 6.34. The molecule has 1 aromatic rings. The lowest BCUT2D eigenvalue weighted by atomic mass is 9.48. The van der Waals surface area contributed by atoms with Gasteiger partial charge < -0.3 is 10.1 Å². The lowest BCUT2D eigenvalue weighted by Gasteiger charge is -2.59. The van der Waals surface area contributed by atoms with Gasteiger partial charge in [0.05, 0.1) is 13.3 Å². The monoisotopic (exact) mass is 286 g/mol. The van der Waals surface area contributed by atoms with E-state index in [1.165, 1.54) is 38.5 Å². The van der Waals surface area contributed by atoms with Gasteiger partial charge in [0, 0.05) is 6.04 Å². The highest BCUT2D eigenvalue weighted by atomic mass is 16.5. The van der Waals surface area contributed by atoms with Crippen LogP contribution in [0.4, 0.5) is 5.82 Å². The molecule has 0 amide bonds. The lowest BCUT2D eigenvalue weighted by molar-refractivity contribution is -0.0603. The average molecular weight is 286 g/mol. The molecular formula is C18H26N2O. The molecule has 0 spiro atoms. The van der Waals surface area contributed by atoms with E-state index in [-0.39, 0.29) is 0 Å². The van der Waals surface area contributed by atoms with E-state index in [9.17, 15) is 0 Å². The summed E-state index contributed by atoms with van der Waals surface area (Å²) in [5.74, 6) is 4.82. The Labute approximate surface area is 127 Å². The number of anilines is 1. The molecule has 4 aliphatic rings. The van der Waals surface area contributed by atoms with Gasteiger partial charge in [0.2, 0.25) is 0 Å². The van der Waals surface area contributed by atoms with Gasteiger partial charge in [-0.1, -0.05) is 0 Å². The Morgan fingerprint density at radius 1 is 1.14 bits per heavy atom. The number of nitrogens with one attached hydrogen (secondary N) is 1. The largest absolute Gasteiger partial charge is 0.495 e. The summed E-state index contributed by atoms with van der Waals surface area (Å²) in [4.78, 5) is 4.48. The van der Waals surface area contributed by atoms with Gasteiger partial charge in [-0.2, -0.15) is 0 Å². The van der Waals surface area contributed by atoms with E-state index in [0.717, 1.165) is 29.3 Å². The quantitative estimate of drug-likeness (QED) is 0.904. The molecule has 4 fully saturated rings. The Bertz CT molecular complexity index is 475. The second-order valence-corrected chi connectivity index (χ2v) is 7.73. The average Bonchev–Trinajstić information content (AvgIpc) is 2.46. The van der Waals surface area contributed by atoms with E-state index in [4.69, 9.17) is 4.74 Å². The number of rotatable bonds is 4. The summed E-state index contributed by atoms with van der Waals surface area (Å²) in [6.07, 6.45) is 10.6. The fraction of sp³-hybridized carbons (Fsp3) is 0.722. The third-order valence-corrected chi connectivity index (χ3v) is 6.34. The molecular weight excluding hydrogens is 260 g/mol. The second-order valence-electron chi connectivity index (χ2n) is 7.73. The van der Waals surface area contributed by atoms with Crippen molar-refractivity contribution < 1.29 is 4.74 Å². The van der Waals surface area contributed by atoms with Gasteiger partial charge in [-0.05, 0) is 80.8 Å². The van der Waals surface area contributed by atoms with Gasteiger partial charge in [-0.15, -0.1) is 0 Å². The first-order valence-electron chi connectivity index (χ1n) is 8.43. The van der Waals surface area contributed by atoms with Crippen molar-refractivity contribution in [2.75, 3.05) is 12.4 Å². The van der Waals surface area contributed by atoms with Crippen LogP contribution in [-0.4, -0.2) is 18.1 Å². The Morgan fingerprint density at radius 3 is 2.24 bits per heavy atom. The maximum atomic E-state index is 5.18. The summed E-state index contributed by atoms with van der Waals surface area (Å²) >= 11 is 0. The first kappa shape index (κ1) is 13.4. The van der Waals surface area contributed by atoms with E-state index in [0.29, 0.717) is 11.5 Å². The van der Waals surface area contributed by atoms with Gasteiger partial charge >= 0.3 is 0 Å². The molecule has 4 saturated carbocycles. The number of methoxy groups -OCH3 is 1. The summed E-state index contributed by atoms with van der Waals surface area (Å²) in [6, 6.07) is 4.55. The number of pyridine rings is 1. The Balaban J connectivity index is 1.50. The molecule has 1 atom stereocenters. The molecule has 114 valence electrons. The van der Waals surface area contributed by atoms with E-state index in [1.807, 2.05) is 12.1 Å². The fourth-order valence-corrected chi connectivity index (χ4v) is 5.67. The molecule has 1 aromatic heterocycles. The van der Waals surface area contributed by atoms with Crippen molar-refractivity contribution in [2.24, 2.45) is 23.2 Å². The number of hydrogen-bond donors (Lipinski definition) is 1. The highest BCUT2D eigenvalue weighted by molar-refractivity contribution is 5.39. The van der Waals surface area contributed by atoms with Crippen LogP contribution in [0.25, 0.3) is 0 Å². The van der Waals surface area contributed by atoms with Crippen LogP contribution in [0.1, 0.15) is 45.4 Å². The number of hydrogen-bond acceptors (Lipinski definition) is 3. The highest BCUT2D eigenvalue weighted by Gasteiger charge is 2.53. The summed E-state index contributed by atoms with van der Waals surface area (Å²) in [7, 11) is 1.68. The topological polar surface area (TPSA) is 34.1 Å². The lowest BCUT2D eigenvalue weighted by Crippen LogP contribution is -2.52. The third kappa shape index (κ3) is 2.31. The summed E-state index contributed by atoms with van der Waals surface area (Å²) < 4.78 is 5.18. The first-order valence-corrected chi connectivity index (χ1v) is 8.43. The van der Waals surface area contributed by atoms with Crippen LogP contribution in [0, 0.1) is 23.2 Å². The van der Waals surface area contributed by atoms with E-state index < -0.39 is 0 Å². The number of aromatic nitrogens is 1. The summed E-state index contributed by atoms with van der Waals surface area (Å²) in [5, 5.41) is 3.68. The molecule has 4 aliphatic carbocycles. The summed E-state index contributed by atoms with van der Waals surface area (Å²) in [6.45, 7) is 2.37. The molecule has 4 bridgehead atoms. The van der Waals surface area contributed by atoms with Crippen molar-refractivity contribution in [1.29, 1.82) is 0 Å². The Hall–Kier alpha value is -1.25. The van der Waals surface area contributed by atoms with Crippen LogP contribution in [-0.2, 0) is 0 Å². The minimum absolute atomic E-state index is 0.520. The SMILES string of the molecule is COc1ccc(NC(C)C23CC4CC(CC(C4)C2)C3)nc1. The standard InChI is InChI=1S/C18H26N2O/c1-12(20-17-4-3-16(21-2)11-19-17)18-8-13-5-14(9-18)7-15(6-13)10-18/h3-4,11-15H,5-10H2,1-2H3,(H,19,20). The van der Waals surface area contributed by atoms with Crippen LogP contribution in [0.2, 0.25) is 0 Å². The molecule has 21 heavy (non-hydrogen) atoms. The predicted octanol–water partition coefficient (Wildman–Crippen LogP) is 4.11. The maximum Gasteiger partial charge on any atom is 0.137 e. The van der Waals surface area contributed by atoms with Gasteiger partial charge in [-0.3, -0.25) is 0 Å². The molecule has 1 unspecified atom stereocenters. The van der Waals surface area contributed by atoms with E-state index in [1.54, 1.807) is 13.3 Å². The van der Waals surface area contributed by atoms with Crippen molar-refractivity contribution in [3.05, 3.63) is 18.3 Å². The summed E-state index contributed by atoms with van der Waals surface area (Å²) in [5.41, 5.74) is 0.524. The van der Waals surface area contributed by atoms with Crippen LogP contribution in [0.5, 0.6) is 5.75 Å². The smallest absolute Gasteiger partial charge is 0.137 e. The highest BCUT2D eigenvalue weighted by Crippen LogP contribution is 2.61. The molecule has 0 aliphatic heterocycles. The van der Waals surface area contributed by atoms with Gasteiger partial charge in [-0.25, -0.2) is 4.98 Å². The maximum absolute atomic E-state index is 5.18. The van der Waals surface area contributed by atoms with Crippen LogP contribution >= 0.6 is 0 Å². The first-order chi connectivity index (χ1) is 10.2. The second kappa shape index (κ2) is 4.89. The molecule has 0 saturated heterocycles. The zero-order valence-electron chi connectivity index (χ0n) is 13.1. The minimum Gasteiger partial charge on any atom is -0.495 e. The Kier molecular flexibility index (Phi) is 3.13. The van der Waals surface area contributed by atoms with Crippen molar-refractivity contribution in [3.63, 3.8) is 0 Å². The van der Waals surface area contributed by atoms with Crippen LogP contribution in [0.3, 0.4) is 0 Å². The van der Waals surface area contributed by atoms with Crippen molar-refractivity contribution in [2.45, 2.75) is 51.5 Å². The Morgan fingerprint density at radius 2 is 1.76 bits per heavy atom. The zero-order valence-corrected chi connectivity index (χ0v) is 13.1. The molecule has 0 aromatic carbocycles. The van der Waals surface area contributed by atoms with Gasteiger partial charge in [0.25, 0.3) is 0 Å². The molecule has 3 heteroatoms. The van der Waals surface area contributed by atoms with Crippen molar-refractivity contribution >= 4 is 5.82 Å². The van der Waals surface area contributed by atoms with Crippen molar-refractivity contribution in [1.82, 2.24) is 4.98 Å². The zero-order chi connectivity index (χ0) is 14.4. The van der Waals surface area contributed by atoms with Gasteiger partial charge in [0.15, 0.2) is 0 Å². The molecule has 1 heterocycles. The van der Waals surface area contributed by atoms with Crippen LogP contribution in [0.15, 0.2) is 18.3 Å². The molecule has 5 rings (SSSR count). The molecule has 1 N–H and O–H groups in total. The number of ether oxygens (including phenoxy) is 1. The van der Waals surface area contributed by atoms with Crippen molar-refractivity contribution in [3.8, 4) is 5.75 Å². The van der Waals surface area contributed by atoms with Crippen LogP contribution < -0.4 is 10.1 Å². The fourth-order valence-electron chi connectivity index (χ4n) is 5.67.